The molecule has 1 aromatic carbocycles. The van der Waals surface area contributed by atoms with Gasteiger partial charge in [0, 0.05) is 11.6 Å². The van der Waals surface area contributed by atoms with Gasteiger partial charge in [-0.1, -0.05) is 6.07 Å². The Morgan fingerprint density at radius 2 is 2.20 bits per heavy atom. The van der Waals surface area contributed by atoms with Crippen LogP contribution < -0.4 is 15.8 Å². The monoisotopic (exact) mass is 276 g/mol. The molecule has 0 aromatic heterocycles. The predicted octanol–water partition coefficient (Wildman–Crippen LogP) is 2.32. The number of nitrogens with one attached hydrogen (secondary N) is 1. The Bertz CT molecular complexity index is 492. The first kappa shape index (κ1) is 14.9. The van der Waals surface area contributed by atoms with Crippen molar-refractivity contribution >= 4 is 5.91 Å². The highest BCUT2D eigenvalue weighted by Gasteiger charge is 2.18. The Hall–Kier alpha value is -1.55. The lowest BCUT2D eigenvalue weighted by Gasteiger charge is -2.23. The maximum atomic E-state index is 11.7. The molecule has 0 saturated carbocycles. The Morgan fingerprint density at radius 1 is 1.45 bits per heavy atom. The molecule has 2 rings (SSSR count). The van der Waals surface area contributed by atoms with Crippen molar-refractivity contribution in [2.24, 2.45) is 5.73 Å². The molecule has 0 heterocycles. The van der Waals surface area contributed by atoms with E-state index in [-0.39, 0.29) is 24.1 Å². The van der Waals surface area contributed by atoms with E-state index < -0.39 is 0 Å². The standard InChI is InChI=1S/C16H24N2O2/c1-16(2,3)18-15(19)10-20-12-7-8-13-11(9-12)5-4-6-14(13)17/h7-9,14H,4-6,10,17H2,1-3H3,(H,18,19). The van der Waals surface area contributed by atoms with E-state index in [2.05, 4.69) is 5.32 Å². The van der Waals surface area contributed by atoms with Crippen molar-refractivity contribution in [2.45, 2.75) is 51.6 Å². The summed E-state index contributed by atoms with van der Waals surface area (Å²) in [4.78, 5) is 11.7. The van der Waals surface area contributed by atoms with E-state index in [1.165, 1.54) is 11.1 Å². The summed E-state index contributed by atoms with van der Waals surface area (Å²) in [6, 6.07) is 6.07. The number of ether oxygens (including phenoxy) is 1. The van der Waals surface area contributed by atoms with Crippen LogP contribution in [0.4, 0.5) is 0 Å². The molecule has 0 fully saturated rings. The van der Waals surface area contributed by atoms with Crippen LogP contribution in [0.1, 0.15) is 50.8 Å². The minimum Gasteiger partial charge on any atom is -0.484 e. The van der Waals surface area contributed by atoms with Gasteiger partial charge in [0.2, 0.25) is 0 Å². The summed E-state index contributed by atoms with van der Waals surface area (Å²) >= 11 is 0. The minimum atomic E-state index is -0.233. The number of hydrogen-bond donors (Lipinski definition) is 2. The van der Waals surface area contributed by atoms with Crippen LogP contribution in [0.25, 0.3) is 0 Å². The molecule has 3 N–H and O–H groups in total. The van der Waals surface area contributed by atoms with Gasteiger partial charge in [-0.15, -0.1) is 0 Å². The van der Waals surface area contributed by atoms with Crippen molar-refractivity contribution in [3.63, 3.8) is 0 Å². The van der Waals surface area contributed by atoms with Crippen LogP contribution >= 0.6 is 0 Å². The highest BCUT2D eigenvalue weighted by atomic mass is 16.5. The lowest BCUT2D eigenvalue weighted by atomic mass is 9.88. The maximum Gasteiger partial charge on any atom is 0.258 e. The first-order valence-electron chi connectivity index (χ1n) is 7.17. The topological polar surface area (TPSA) is 64.3 Å². The molecule has 110 valence electrons. The second-order valence-electron chi connectivity index (χ2n) is 6.45. The number of hydrogen-bond acceptors (Lipinski definition) is 3. The number of fused-ring (bicyclic) bond motifs is 1. The second kappa shape index (κ2) is 5.83. The van der Waals surface area contributed by atoms with Crippen molar-refractivity contribution in [3.05, 3.63) is 29.3 Å². The van der Waals surface area contributed by atoms with Gasteiger partial charge in [0.15, 0.2) is 6.61 Å². The minimum absolute atomic E-state index is 0.0438. The Morgan fingerprint density at radius 3 is 2.90 bits per heavy atom. The van der Waals surface area contributed by atoms with Gasteiger partial charge < -0.3 is 15.8 Å². The zero-order valence-electron chi connectivity index (χ0n) is 12.5. The van der Waals surface area contributed by atoms with Crippen molar-refractivity contribution in [3.8, 4) is 5.75 Å². The summed E-state index contributed by atoms with van der Waals surface area (Å²) < 4.78 is 5.56. The summed E-state index contributed by atoms with van der Waals surface area (Å²) in [5.74, 6) is 0.633. The van der Waals surface area contributed by atoms with E-state index in [4.69, 9.17) is 10.5 Å². The number of carbonyl (C=O) groups is 1. The van der Waals surface area contributed by atoms with Gasteiger partial charge in [-0.2, -0.15) is 0 Å². The van der Waals surface area contributed by atoms with E-state index in [0.717, 1.165) is 25.0 Å². The van der Waals surface area contributed by atoms with Crippen molar-refractivity contribution in [2.75, 3.05) is 6.61 Å². The van der Waals surface area contributed by atoms with Crippen LogP contribution in [0, 0.1) is 0 Å². The molecule has 1 unspecified atom stereocenters. The largest absolute Gasteiger partial charge is 0.484 e. The molecule has 4 heteroatoms. The van der Waals surface area contributed by atoms with E-state index >= 15 is 0 Å². The molecule has 1 amide bonds. The highest BCUT2D eigenvalue weighted by Crippen LogP contribution is 2.30. The van der Waals surface area contributed by atoms with Crippen LogP contribution in [0.5, 0.6) is 5.75 Å². The van der Waals surface area contributed by atoms with Crippen LogP contribution in [0.3, 0.4) is 0 Å². The summed E-state index contributed by atoms with van der Waals surface area (Å²) in [5.41, 5.74) is 8.31. The highest BCUT2D eigenvalue weighted by molar-refractivity contribution is 5.78. The van der Waals surface area contributed by atoms with Crippen molar-refractivity contribution < 1.29 is 9.53 Å². The smallest absolute Gasteiger partial charge is 0.258 e. The van der Waals surface area contributed by atoms with E-state index in [9.17, 15) is 4.79 Å². The van der Waals surface area contributed by atoms with Crippen molar-refractivity contribution in [1.82, 2.24) is 5.32 Å². The number of amides is 1. The van der Waals surface area contributed by atoms with Gasteiger partial charge in [-0.25, -0.2) is 0 Å². The van der Waals surface area contributed by atoms with Crippen LogP contribution in [0.15, 0.2) is 18.2 Å². The molecule has 20 heavy (non-hydrogen) atoms. The maximum absolute atomic E-state index is 11.7. The zero-order valence-corrected chi connectivity index (χ0v) is 12.5. The zero-order chi connectivity index (χ0) is 14.8. The molecule has 0 saturated heterocycles. The SMILES string of the molecule is CC(C)(C)NC(=O)COc1ccc2c(c1)CCCC2N. The van der Waals surface area contributed by atoms with Crippen molar-refractivity contribution in [1.29, 1.82) is 0 Å². The fraction of sp³-hybridized carbons (Fsp3) is 0.562. The first-order chi connectivity index (χ1) is 9.35. The van der Waals surface area contributed by atoms with Gasteiger partial charge in [0.25, 0.3) is 5.91 Å². The molecule has 1 atom stereocenters. The number of aryl methyl sites for hydroxylation is 1. The lowest BCUT2D eigenvalue weighted by Crippen LogP contribution is -2.43. The molecule has 0 radical (unpaired) electrons. The first-order valence-corrected chi connectivity index (χ1v) is 7.17. The number of nitrogens with two attached hydrogens (primary N) is 1. The summed E-state index contributed by atoms with van der Waals surface area (Å²) in [5, 5.41) is 2.87. The van der Waals surface area contributed by atoms with E-state index in [1.54, 1.807) is 0 Å². The quantitative estimate of drug-likeness (QED) is 0.890. The fourth-order valence-corrected chi connectivity index (χ4v) is 2.52. The molecular weight excluding hydrogens is 252 g/mol. The van der Waals surface area contributed by atoms with Crippen LogP contribution in [-0.2, 0) is 11.2 Å². The summed E-state index contributed by atoms with van der Waals surface area (Å²) in [7, 11) is 0. The third-order valence-electron chi connectivity index (χ3n) is 3.36. The molecule has 0 bridgehead atoms. The Labute approximate surface area is 120 Å². The third-order valence-corrected chi connectivity index (χ3v) is 3.36. The molecule has 0 aliphatic heterocycles. The van der Waals surface area contributed by atoms with Gasteiger partial charge in [0.05, 0.1) is 0 Å². The predicted molar refractivity (Wildman–Crippen MR) is 79.7 cm³/mol. The number of rotatable bonds is 3. The second-order valence-corrected chi connectivity index (χ2v) is 6.45. The average Bonchev–Trinajstić information content (AvgIpc) is 2.34. The fourth-order valence-electron chi connectivity index (χ4n) is 2.52. The van der Waals surface area contributed by atoms with Gasteiger partial charge in [-0.05, 0) is 63.3 Å². The normalized spacial score (nSPS) is 18.3. The van der Waals surface area contributed by atoms with Crippen LogP contribution in [-0.4, -0.2) is 18.1 Å². The van der Waals surface area contributed by atoms with Gasteiger partial charge in [0.1, 0.15) is 5.75 Å². The Balaban J connectivity index is 1.96. The Kier molecular flexibility index (Phi) is 4.33. The summed E-state index contributed by atoms with van der Waals surface area (Å²) in [6.45, 7) is 5.89. The third kappa shape index (κ3) is 3.97. The molecule has 0 spiro atoms. The molecule has 1 aliphatic carbocycles. The van der Waals surface area contributed by atoms with Gasteiger partial charge in [-0.3, -0.25) is 4.79 Å². The van der Waals surface area contributed by atoms with E-state index in [1.807, 2.05) is 39.0 Å². The number of benzene rings is 1. The molecule has 1 aromatic rings. The van der Waals surface area contributed by atoms with E-state index in [0.29, 0.717) is 0 Å². The van der Waals surface area contributed by atoms with Gasteiger partial charge >= 0.3 is 0 Å². The number of carbonyl (C=O) groups excluding carboxylic acids is 1. The summed E-state index contributed by atoms with van der Waals surface area (Å²) in [6.07, 6.45) is 3.19. The average molecular weight is 276 g/mol. The molecular formula is C16H24N2O2. The lowest BCUT2D eigenvalue weighted by molar-refractivity contribution is -0.124. The van der Waals surface area contributed by atoms with Crippen LogP contribution in [0.2, 0.25) is 0 Å². The molecule has 1 aliphatic rings. The molecule has 4 nitrogen and oxygen atoms in total.